The van der Waals surface area contributed by atoms with E-state index in [1.807, 2.05) is 25.1 Å². The van der Waals surface area contributed by atoms with Crippen molar-refractivity contribution in [3.63, 3.8) is 0 Å². The highest BCUT2D eigenvalue weighted by molar-refractivity contribution is 7.92. The van der Waals surface area contributed by atoms with Gasteiger partial charge in [0, 0.05) is 23.8 Å². The van der Waals surface area contributed by atoms with E-state index in [4.69, 9.17) is 11.6 Å². The molecule has 138 valence electrons. The van der Waals surface area contributed by atoms with Crippen LogP contribution in [0.25, 0.3) is 6.08 Å². The lowest BCUT2D eigenvalue weighted by Crippen LogP contribution is -2.27. The number of rotatable bonds is 6. The van der Waals surface area contributed by atoms with Gasteiger partial charge in [-0.15, -0.1) is 0 Å². The third kappa shape index (κ3) is 5.89. The molecule has 0 aromatic heterocycles. The van der Waals surface area contributed by atoms with Gasteiger partial charge in [-0.3, -0.25) is 9.52 Å². The van der Waals surface area contributed by atoms with Gasteiger partial charge >= 0.3 is 0 Å². The second-order valence-electron chi connectivity index (χ2n) is 6.01. The number of hydrogen-bond donors (Lipinski definition) is 1. The molecule has 0 saturated heterocycles. The molecule has 0 aliphatic carbocycles. The van der Waals surface area contributed by atoms with Crippen LogP contribution in [0.3, 0.4) is 0 Å². The van der Waals surface area contributed by atoms with Crippen molar-refractivity contribution in [2.45, 2.75) is 13.0 Å². The van der Waals surface area contributed by atoms with Gasteiger partial charge in [-0.25, -0.2) is 8.42 Å². The first-order valence-electron chi connectivity index (χ1n) is 7.94. The van der Waals surface area contributed by atoms with E-state index in [0.717, 1.165) is 17.4 Å². The maximum absolute atomic E-state index is 12.4. The Morgan fingerprint density at radius 1 is 1.19 bits per heavy atom. The Hall–Kier alpha value is -2.31. The minimum atomic E-state index is -3.30. The molecule has 2 aromatic carbocycles. The fourth-order valence-corrected chi connectivity index (χ4v) is 3.11. The molecule has 0 aliphatic rings. The van der Waals surface area contributed by atoms with Crippen LogP contribution in [0.2, 0.25) is 5.02 Å². The van der Waals surface area contributed by atoms with Crippen molar-refractivity contribution in [3.05, 3.63) is 70.8 Å². The molecule has 2 aromatic rings. The van der Waals surface area contributed by atoms with Gasteiger partial charge in [0.05, 0.1) is 12.3 Å². The standard InChI is InChI=1S/C19H21ClN2O3S/c1-14(16-5-4-6-17(20)13-16)22(2)19(23)12-9-15-7-10-18(11-8-15)21-26(3,24)25/h4-14,21H,1-3H3/b12-9+. The summed E-state index contributed by atoms with van der Waals surface area (Å²) in [6.45, 7) is 1.93. The lowest BCUT2D eigenvalue weighted by molar-refractivity contribution is -0.126. The van der Waals surface area contributed by atoms with Crippen molar-refractivity contribution < 1.29 is 13.2 Å². The summed E-state index contributed by atoms with van der Waals surface area (Å²) in [4.78, 5) is 14.0. The van der Waals surface area contributed by atoms with E-state index in [0.29, 0.717) is 10.7 Å². The number of sulfonamides is 1. The smallest absolute Gasteiger partial charge is 0.246 e. The molecule has 26 heavy (non-hydrogen) atoms. The number of nitrogens with one attached hydrogen (secondary N) is 1. The summed E-state index contributed by atoms with van der Waals surface area (Å²) < 4.78 is 24.8. The number of carbonyl (C=O) groups is 1. The van der Waals surface area contributed by atoms with Crippen molar-refractivity contribution >= 4 is 39.3 Å². The second-order valence-corrected chi connectivity index (χ2v) is 8.19. The number of anilines is 1. The molecule has 5 nitrogen and oxygen atoms in total. The van der Waals surface area contributed by atoms with Gasteiger partial charge in [0.2, 0.25) is 15.9 Å². The molecule has 1 N–H and O–H groups in total. The van der Waals surface area contributed by atoms with Crippen molar-refractivity contribution in [2.24, 2.45) is 0 Å². The Morgan fingerprint density at radius 3 is 2.42 bits per heavy atom. The summed E-state index contributed by atoms with van der Waals surface area (Å²) in [5.74, 6) is -0.143. The molecule has 0 radical (unpaired) electrons. The first-order chi connectivity index (χ1) is 12.2. The predicted octanol–water partition coefficient (Wildman–Crippen LogP) is 3.94. The SMILES string of the molecule is CC(c1cccc(Cl)c1)N(C)C(=O)/C=C/c1ccc(NS(C)(=O)=O)cc1. The zero-order valence-electron chi connectivity index (χ0n) is 14.8. The lowest BCUT2D eigenvalue weighted by atomic mass is 10.1. The van der Waals surface area contributed by atoms with Crippen molar-refractivity contribution in [3.8, 4) is 0 Å². The molecule has 2 rings (SSSR count). The summed E-state index contributed by atoms with van der Waals surface area (Å²) in [7, 11) is -1.57. The zero-order valence-corrected chi connectivity index (χ0v) is 16.4. The van der Waals surface area contributed by atoms with Gasteiger partial charge in [0.15, 0.2) is 0 Å². The molecule has 1 atom stereocenters. The fraction of sp³-hybridized carbons (Fsp3) is 0.211. The van der Waals surface area contributed by atoms with Gasteiger partial charge in [-0.2, -0.15) is 0 Å². The zero-order chi connectivity index (χ0) is 19.3. The Kier molecular flexibility index (Phi) is 6.45. The van der Waals surface area contributed by atoms with Crippen LogP contribution in [0.4, 0.5) is 5.69 Å². The average Bonchev–Trinajstić information content (AvgIpc) is 2.58. The summed E-state index contributed by atoms with van der Waals surface area (Å²) in [5, 5.41) is 0.633. The molecule has 0 bridgehead atoms. The summed E-state index contributed by atoms with van der Waals surface area (Å²) in [6.07, 6.45) is 4.27. The minimum absolute atomic E-state index is 0.118. The summed E-state index contributed by atoms with van der Waals surface area (Å²) in [6, 6.07) is 14.1. The van der Waals surface area contributed by atoms with Crippen LogP contribution in [0.1, 0.15) is 24.1 Å². The van der Waals surface area contributed by atoms with Crippen LogP contribution in [-0.4, -0.2) is 32.5 Å². The third-order valence-corrected chi connectivity index (χ3v) is 4.73. The van der Waals surface area contributed by atoms with Gasteiger partial charge in [0.25, 0.3) is 0 Å². The largest absolute Gasteiger partial charge is 0.335 e. The number of hydrogen-bond acceptors (Lipinski definition) is 3. The van der Waals surface area contributed by atoms with E-state index in [-0.39, 0.29) is 11.9 Å². The number of halogens is 1. The number of benzene rings is 2. The molecule has 0 saturated carbocycles. The number of nitrogens with zero attached hydrogens (tertiary/aromatic N) is 1. The van der Waals surface area contributed by atoms with Gasteiger partial charge in [-0.05, 0) is 48.4 Å². The number of amides is 1. The highest BCUT2D eigenvalue weighted by Crippen LogP contribution is 2.22. The lowest BCUT2D eigenvalue weighted by Gasteiger charge is -2.24. The average molecular weight is 393 g/mol. The highest BCUT2D eigenvalue weighted by atomic mass is 35.5. The fourth-order valence-electron chi connectivity index (χ4n) is 2.34. The van der Waals surface area contributed by atoms with Crippen molar-refractivity contribution in [1.29, 1.82) is 0 Å². The maximum Gasteiger partial charge on any atom is 0.246 e. The quantitative estimate of drug-likeness (QED) is 0.757. The van der Waals surface area contributed by atoms with Crippen molar-refractivity contribution in [1.82, 2.24) is 4.90 Å². The van der Waals surface area contributed by atoms with E-state index >= 15 is 0 Å². The Bertz CT molecular complexity index is 909. The van der Waals surface area contributed by atoms with Crippen molar-refractivity contribution in [2.75, 3.05) is 18.0 Å². The summed E-state index contributed by atoms with van der Waals surface area (Å²) >= 11 is 6.01. The van der Waals surface area contributed by atoms with Crippen LogP contribution in [-0.2, 0) is 14.8 Å². The molecule has 0 heterocycles. The van der Waals surface area contributed by atoms with E-state index in [1.165, 1.54) is 6.08 Å². The van der Waals surface area contributed by atoms with Crippen LogP contribution >= 0.6 is 11.6 Å². The minimum Gasteiger partial charge on any atom is -0.335 e. The maximum atomic E-state index is 12.4. The Labute approximate surface area is 159 Å². The number of carbonyl (C=O) groups excluding carboxylic acids is 1. The molecule has 0 fully saturated rings. The van der Waals surface area contributed by atoms with Gasteiger partial charge in [0.1, 0.15) is 0 Å². The van der Waals surface area contributed by atoms with E-state index < -0.39 is 10.0 Å². The molecular formula is C19H21ClN2O3S. The van der Waals surface area contributed by atoms with Crippen LogP contribution in [0.5, 0.6) is 0 Å². The summed E-state index contributed by atoms with van der Waals surface area (Å²) in [5.41, 5.74) is 2.22. The molecule has 0 aliphatic heterocycles. The second kappa shape index (κ2) is 8.38. The highest BCUT2D eigenvalue weighted by Gasteiger charge is 2.15. The first kappa shape index (κ1) is 20.0. The normalized spacial score (nSPS) is 12.8. The van der Waals surface area contributed by atoms with Crippen LogP contribution < -0.4 is 4.72 Å². The van der Waals surface area contributed by atoms with Crippen LogP contribution in [0, 0.1) is 0 Å². The van der Waals surface area contributed by atoms with E-state index in [1.54, 1.807) is 48.4 Å². The molecular weight excluding hydrogens is 372 g/mol. The number of likely N-dealkylation sites (N-methyl/N-ethyl adjacent to an activating group) is 1. The molecule has 1 unspecified atom stereocenters. The van der Waals surface area contributed by atoms with E-state index in [2.05, 4.69) is 4.72 Å². The van der Waals surface area contributed by atoms with E-state index in [9.17, 15) is 13.2 Å². The topological polar surface area (TPSA) is 66.5 Å². The predicted molar refractivity (Wildman–Crippen MR) is 107 cm³/mol. The Balaban J connectivity index is 2.04. The molecule has 0 spiro atoms. The first-order valence-corrected chi connectivity index (χ1v) is 10.2. The van der Waals surface area contributed by atoms with Gasteiger partial charge in [-0.1, -0.05) is 35.9 Å². The monoisotopic (exact) mass is 392 g/mol. The Morgan fingerprint density at radius 2 is 1.85 bits per heavy atom. The molecule has 1 amide bonds. The molecule has 7 heteroatoms. The van der Waals surface area contributed by atoms with Crippen LogP contribution in [0.15, 0.2) is 54.6 Å². The third-order valence-electron chi connectivity index (χ3n) is 3.89. The van der Waals surface area contributed by atoms with Gasteiger partial charge < -0.3 is 4.90 Å².